The summed E-state index contributed by atoms with van der Waals surface area (Å²) in [6, 6.07) is 0. The Bertz CT molecular complexity index is 99.1. The molecule has 0 aliphatic carbocycles. The van der Waals surface area contributed by atoms with Crippen molar-refractivity contribution in [3.63, 3.8) is 0 Å². The molecule has 0 heterocycles. The minimum Gasteiger partial charge on any atom is -0.397 e. The Kier molecular flexibility index (Phi) is 7.79. The van der Waals surface area contributed by atoms with Crippen molar-refractivity contribution in [1.82, 2.24) is 0 Å². The van der Waals surface area contributed by atoms with Gasteiger partial charge in [0, 0.05) is 19.8 Å². The molecule has 1 atom stereocenters. The SMILES string of the molecule is CCC(CCCN)[Si](OC)OC. The van der Waals surface area contributed by atoms with E-state index < -0.39 is 9.28 Å². The van der Waals surface area contributed by atoms with Crippen LogP contribution in [0.3, 0.4) is 0 Å². The summed E-state index contributed by atoms with van der Waals surface area (Å²) in [5, 5.41) is 0. The zero-order valence-electron chi connectivity index (χ0n) is 8.30. The summed E-state index contributed by atoms with van der Waals surface area (Å²) in [5.74, 6) is 0. The third-order valence-electron chi connectivity index (χ3n) is 1.99. The minimum atomic E-state index is -1.04. The average Bonchev–Trinajstić information content (AvgIpc) is 2.12. The Labute approximate surface area is 77.1 Å². The molecule has 0 rings (SSSR count). The van der Waals surface area contributed by atoms with Crippen molar-refractivity contribution in [3.8, 4) is 0 Å². The first-order valence-corrected chi connectivity index (χ1v) is 5.84. The topological polar surface area (TPSA) is 44.5 Å². The van der Waals surface area contributed by atoms with Gasteiger partial charge in [0.25, 0.3) is 0 Å². The molecule has 0 aromatic carbocycles. The summed E-state index contributed by atoms with van der Waals surface area (Å²) in [6.45, 7) is 2.93. The van der Waals surface area contributed by atoms with Crippen LogP contribution in [0.4, 0.5) is 0 Å². The molecule has 2 N–H and O–H groups in total. The number of hydrogen-bond acceptors (Lipinski definition) is 3. The Morgan fingerprint density at radius 3 is 2.25 bits per heavy atom. The van der Waals surface area contributed by atoms with Crippen molar-refractivity contribution in [2.75, 3.05) is 20.8 Å². The first-order valence-electron chi connectivity index (χ1n) is 4.45. The molecule has 0 bridgehead atoms. The Morgan fingerprint density at radius 2 is 1.92 bits per heavy atom. The first kappa shape index (κ1) is 12.1. The molecule has 1 unspecified atom stereocenters. The second-order valence-electron chi connectivity index (χ2n) is 2.76. The van der Waals surface area contributed by atoms with Crippen molar-refractivity contribution in [1.29, 1.82) is 0 Å². The van der Waals surface area contributed by atoms with Gasteiger partial charge in [-0.15, -0.1) is 0 Å². The molecular weight excluding hydrogens is 170 g/mol. The maximum Gasteiger partial charge on any atom is 0.387 e. The van der Waals surface area contributed by atoms with Crippen LogP contribution in [0, 0.1) is 0 Å². The molecule has 0 fully saturated rings. The summed E-state index contributed by atoms with van der Waals surface area (Å²) in [7, 11) is 2.41. The van der Waals surface area contributed by atoms with Crippen LogP contribution in [0.2, 0.25) is 5.54 Å². The van der Waals surface area contributed by atoms with Crippen LogP contribution >= 0.6 is 0 Å². The summed E-state index contributed by atoms with van der Waals surface area (Å²) in [4.78, 5) is 0. The van der Waals surface area contributed by atoms with Crippen LogP contribution in [0.25, 0.3) is 0 Å². The van der Waals surface area contributed by atoms with Crippen molar-refractivity contribution in [2.24, 2.45) is 5.73 Å². The van der Waals surface area contributed by atoms with Gasteiger partial charge in [-0.05, 0) is 19.4 Å². The van der Waals surface area contributed by atoms with Crippen molar-refractivity contribution >= 4 is 9.28 Å². The van der Waals surface area contributed by atoms with Crippen molar-refractivity contribution in [2.45, 2.75) is 31.7 Å². The normalized spacial score (nSPS) is 13.8. The molecule has 0 spiro atoms. The van der Waals surface area contributed by atoms with Crippen LogP contribution < -0.4 is 5.73 Å². The monoisotopic (exact) mass is 190 g/mol. The van der Waals surface area contributed by atoms with Gasteiger partial charge in [0.05, 0.1) is 0 Å². The van der Waals surface area contributed by atoms with Crippen molar-refractivity contribution < 1.29 is 8.85 Å². The number of hydrogen-bond donors (Lipinski definition) is 1. The summed E-state index contributed by atoms with van der Waals surface area (Å²) in [5.41, 5.74) is 6.02. The van der Waals surface area contributed by atoms with Gasteiger partial charge >= 0.3 is 9.28 Å². The minimum absolute atomic E-state index is 0.577. The summed E-state index contributed by atoms with van der Waals surface area (Å²) >= 11 is 0. The summed E-state index contributed by atoms with van der Waals surface area (Å²) < 4.78 is 10.6. The van der Waals surface area contributed by atoms with Gasteiger partial charge in [-0.1, -0.05) is 13.3 Å². The fraction of sp³-hybridized carbons (Fsp3) is 1.00. The highest BCUT2D eigenvalue weighted by Crippen LogP contribution is 2.21. The second-order valence-corrected chi connectivity index (χ2v) is 5.03. The van der Waals surface area contributed by atoms with E-state index >= 15 is 0 Å². The molecule has 0 aromatic rings. The van der Waals surface area contributed by atoms with Crippen LogP contribution in [0.5, 0.6) is 0 Å². The number of rotatable bonds is 7. The third-order valence-corrected chi connectivity index (χ3v) is 4.15. The maximum absolute atomic E-state index is 5.44. The van der Waals surface area contributed by atoms with E-state index in [0.29, 0.717) is 5.54 Å². The zero-order valence-corrected chi connectivity index (χ0v) is 9.30. The van der Waals surface area contributed by atoms with Gasteiger partial charge in [-0.3, -0.25) is 0 Å². The maximum atomic E-state index is 5.44. The standard InChI is InChI=1S/C8H20NO2Si/c1-4-8(6-5-7-9)12(10-2)11-3/h8H,4-7,9H2,1-3H3. The highest BCUT2D eigenvalue weighted by Gasteiger charge is 2.23. The molecule has 0 aliphatic rings. The Morgan fingerprint density at radius 1 is 1.33 bits per heavy atom. The number of nitrogens with two attached hydrogens (primary N) is 1. The highest BCUT2D eigenvalue weighted by molar-refractivity contribution is 6.46. The molecule has 1 radical (unpaired) electrons. The van der Waals surface area contributed by atoms with Crippen molar-refractivity contribution in [3.05, 3.63) is 0 Å². The third kappa shape index (κ3) is 4.20. The van der Waals surface area contributed by atoms with Gasteiger partial charge < -0.3 is 14.6 Å². The first-order chi connectivity index (χ1) is 5.79. The average molecular weight is 190 g/mol. The lowest BCUT2D eigenvalue weighted by atomic mass is 10.2. The predicted molar refractivity (Wildman–Crippen MR) is 52.1 cm³/mol. The lowest BCUT2D eigenvalue weighted by Crippen LogP contribution is -2.26. The molecule has 0 aliphatic heterocycles. The van der Waals surface area contributed by atoms with E-state index in [4.69, 9.17) is 14.6 Å². The molecular formula is C8H20NO2Si. The molecule has 0 saturated carbocycles. The molecule has 0 aromatic heterocycles. The smallest absolute Gasteiger partial charge is 0.387 e. The van der Waals surface area contributed by atoms with Gasteiger partial charge in [0.15, 0.2) is 0 Å². The van der Waals surface area contributed by atoms with Crippen LogP contribution in [0.1, 0.15) is 26.2 Å². The molecule has 12 heavy (non-hydrogen) atoms. The lowest BCUT2D eigenvalue weighted by Gasteiger charge is -2.19. The largest absolute Gasteiger partial charge is 0.397 e. The van der Waals surface area contributed by atoms with Crippen LogP contribution in [0.15, 0.2) is 0 Å². The molecule has 3 nitrogen and oxygen atoms in total. The van der Waals surface area contributed by atoms with Crippen LogP contribution in [-0.4, -0.2) is 30.0 Å². The highest BCUT2D eigenvalue weighted by atomic mass is 28.3. The van der Waals surface area contributed by atoms with E-state index in [0.717, 1.165) is 25.8 Å². The van der Waals surface area contributed by atoms with Gasteiger partial charge in [0.2, 0.25) is 0 Å². The Balaban J connectivity index is 3.75. The van der Waals surface area contributed by atoms with E-state index in [-0.39, 0.29) is 0 Å². The van der Waals surface area contributed by atoms with Gasteiger partial charge in [-0.25, -0.2) is 0 Å². The van der Waals surface area contributed by atoms with Gasteiger partial charge in [-0.2, -0.15) is 0 Å². The quantitative estimate of drug-likeness (QED) is 0.615. The zero-order chi connectivity index (χ0) is 9.40. The molecule has 4 heteroatoms. The summed E-state index contributed by atoms with van der Waals surface area (Å²) in [6.07, 6.45) is 3.32. The fourth-order valence-electron chi connectivity index (χ4n) is 1.27. The predicted octanol–water partition coefficient (Wildman–Crippen LogP) is 1.29. The molecule has 0 amide bonds. The Hall–Kier alpha value is 0.0969. The van der Waals surface area contributed by atoms with E-state index in [9.17, 15) is 0 Å². The van der Waals surface area contributed by atoms with E-state index in [2.05, 4.69) is 6.92 Å². The fourth-order valence-corrected chi connectivity index (χ4v) is 2.88. The van der Waals surface area contributed by atoms with E-state index in [1.165, 1.54) is 0 Å². The molecule has 0 saturated heterocycles. The second kappa shape index (κ2) is 7.73. The van der Waals surface area contributed by atoms with E-state index in [1.807, 2.05) is 0 Å². The van der Waals surface area contributed by atoms with Crippen LogP contribution in [-0.2, 0) is 8.85 Å². The van der Waals surface area contributed by atoms with E-state index in [1.54, 1.807) is 14.2 Å². The van der Waals surface area contributed by atoms with Gasteiger partial charge in [0.1, 0.15) is 0 Å². The molecule has 73 valence electrons. The lowest BCUT2D eigenvalue weighted by molar-refractivity contribution is 0.260.